The molecule has 2 heteroatoms. The third-order valence-corrected chi connectivity index (χ3v) is 5.44. The van der Waals surface area contributed by atoms with E-state index in [0.29, 0.717) is 22.9 Å². The minimum Gasteiger partial charge on any atom is -0.311 e. The van der Waals surface area contributed by atoms with Crippen molar-refractivity contribution in [1.82, 2.24) is 10.2 Å². The summed E-state index contributed by atoms with van der Waals surface area (Å²) in [5, 5.41) is 3.84. The molecule has 2 aliphatic rings. The lowest BCUT2D eigenvalue weighted by Gasteiger charge is -2.53. The molecule has 1 N–H and O–H groups in total. The van der Waals surface area contributed by atoms with Crippen LogP contribution in [0.15, 0.2) is 0 Å². The van der Waals surface area contributed by atoms with Gasteiger partial charge in [0.1, 0.15) is 0 Å². The Morgan fingerprint density at radius 3 is 1.95 bits per heavy atom. The van der Waals surface area contributed by atoms with Gasteiger partial charge >= 0.3 is 0 Å². The van der Waals surface area contributed by atoms with E-state index in [2.05, 4.69) is 51.8 Å². The topological polar surface area (TPSA) is 15.3 Å². The lowest BCUT2D eigenvalue weighted by Crippen LogP contribution is -2.65. The van der Waals surface area contributed by atoms with Crippen LogP contribution in [0.3, 0.4) is 0 Å². The van der Waals surface area contributed by atoms with E-state index >= 15 is 0 Å². The van der Waals surface area contributed by atoms with Crippen LogP contribution in [0.2, 0.25) is 0 Å². The van der Waals surface area contributed by atoms with Crippen LogP contribution in [0, 0.1) is 10.8 Å². The Morgan fingerprint density at radius 2 is 1.45 bits per heavy atom. The van der Waals surface area contributed by atoms with E-state index in [0.717, 1.165) is 12.6 Å². The summed E-state index contributed by atoms with van der Waals surface area (Å²) in [6, 6.07) is 2.15. The molecule has 1 saturated carbocycles. The normalized spacial score (nSPS) is 31.5. The molecule has 0 aromatic carbocycles. The van der Waals surface area contributed by atoms with E-state index in [1.165, 1.54) is 38.6 Å². The number of nitrogens with zero attached hydrogens (tertiary/aromatic N) is 1. The van der Waals surface area contributed by atoms with E-state index in [1.54, 1.807) is 0 Å². The molecule has 2 unspecified atom stereocenters. The summed E-state index contributed by atoms with van der Waals surface area (Å²) in [6.07, 6.45) is 7.16. The molecule has 0 radical (unpaired) electrons. The largest absolute Gasteiger partial charge is 0.311 e. The first-order chi connectivity index (χ1) is 9.19. The van der Waals surface area contributed by atoms with Crippen LogP contribution in [0.1, 0.15) is 73.6 Å². The fourth-order valence-corrected chi connectivity index (χ4v) is 3.97. The molecule has 2 fully saturated rings. The molecule has 118 valence electrons. The molecule has 2 atom stereocenters. The van der Waals surface area contributed by atoms with Crippen molar-refractivity contribution >= 4 is 0 Å². The number of hydrogen-bond acceptors (Lipinski definition) is 2. The second kappa shape index (κ2) is 5.96. The first kappa shape index (κ1) is 16.3. The highest BCUT2D eigenvalue weighted by Gasteiger charge is 2.41. The van der Waals surface area contributed by atoms with E-state index < -0.39 is 0 Å². The maximum absolute atomic E-state index is 3.84. The summed E-state index contributed by atoms with van der Waals surface area (Å²) in [6.45, 7) is 16.7. The van der Waals surface area contributed by atoms with Gasteiger partial charge in [0.25, 0.3) is 0 Å². The van der Waals surface area contributed by atoms with Crippen LogP contribution in [-0.4, -0.2) is 36.1 Å². The van der Waals surface area contributed by atoms with Gasteiger partial charge in [-0.05, 0) is 23.7 Å². The average molecular weight is 280 g/mol. The van der Waals surface area contributed by atoms with Crippen LogP contribution in [0.4, 0.5) is 0 Å². The van der Waals surface area contributed by atoms with Crippen molar-refractivity contribution in [3.8, 4) is 0 Å². The Bertz CT molecular complexity index is 304. The van der Waals surface area contributed by atoms with Crippen LogP contribution in [0.25, 0.3) is 0 Å². The summed E-state index contributed by atoms with van der Waals surface area (Å²) in [4.78, 5) is 2.88. The van der Waals surface area contributed by atoms with Crippen molar-refractivity contribution in [3.63, 3.8) is 0 Å². The van der Waals surface area contributed by atoms with Crippen LogP contribution in [0.5, 0.6) is 0 Å². The summed E-state index contributed by atoms with van der Waals surface area (Å²) in [5.74, 6) is 0. The van der Waals surface area contributed by atoms with Crippen molar-refractivity contribution in [3.05, 3.63) is 0 Å². The molecule has 1 aliphatic carbocycles. The Balaban J connectivity index is 2.14. The fourth-order valence-electron chi connectivity index (χ4n) is 3.97. The molecule has 20 heavy (non-hydrogen) atoms. The second-order valence-corrected chi connectivity index (χ2v) is 9.20. The van der Waals surface area contributed by atoms with Gasteiger partial charge in [-0.3, -0.25) is 4.90 Å². The number of piperazine rings is 1. The minimum atomic E-state index is 0.357. The quantitative estimate of drug-likeness (QED) is 0.779. The molecule has 2 nitrogen and oxygen atoms in total. The van der Waals surface area contributed by atoms with Gasteiger partial charge in [0.15, 0.2) is 0 Å². The second-order valence-electron chi connectivity index (χ2n) is 9.20. The first-order valence-corrected chi connectivity index (χ1v) is 8.69. The third-order valence-electron chi connectivity index (χ3n) is 5.44. The highest BCUT2D eigenvalue weighted by Crippen LogP contribution is 2.35. The molecule has 1 aliphatic heterocycles. The predicted molar refractivity (Wildman–Crippen MR) is 88.1 cm³/mol. The van der Waals surface area contributed by atoms with Crippen molar-refractivity contribution < 1.29 is 0 Å². The van der Waals surface area contributed by atoms with E-state index in [1.807, 2.05) is 0 Å². The van der Waals surface area contributed by atoms with Gasteiger partial charge in [-0.2, -0.15) is 0 Å². The fraction of sp³-hybridized carbons (Fsp3) is 1.00. The molecule has 0 amide bonds. The van der Waals surface area contributed by atoms with E-state index in [4.69, 9.17) is 0 Å². The molecule has 0 bridgehead atoms. The van der Waals surface area contributed by atoms with Gasteiger partial charge in [-0.25, -0.2) is 0 Å². The smallest absolute Gasteiger partial charge is 0.0272 e. The Kier molecular flexibility index (Phi) is 4.86. The first-order valence-electron chi connectivity index (χ1n) is 8.69. The predicted octanol–water partition coefficient (Wildman–Crippen LogP) is 4.05. The van der Waals surface area contributed by atoms with E-state index in [9.17, 15) is 0 Å². The van der Waals surface area contributed by atoms with Crippen molar-refractivity contribution in [2.24, 2.45) is 10.8 Å². The lowest BCUT2D eigenvalue weighted by atomic mass is 9.78. The van der Waals surface area contributed by atoms with Crippen LogP contribution >= 0.6 is 0 Å². The van der Waals surface area contributed by atoms with Gasteiger partial charge in [0, 0.05) is 31.2 Å². The molecule has 2 rings (SSSR count). The van der Waals surface area contributed by atoms with Crippen molar-refractivity contribution in [2.75, 3.05) is 13.1 Å². The van der Waals surface area contributed by atoms with Crippen molar-refractivity contribution in [1.29, 1.82) is 0 Å². The Labute approximate surface area is 126 Å². The molecule has 0 aromatic heterocycles. The Morgan fingerprint density at radius 1 is 0.850 bits per heavy atom. The number of nitrogens with one attached hydrogen (secondary N) is 1. The number of hydrogen-bond donors (Lipinski definition) is 1. The van der Waals surface area contributed by atoms with Gasteiger partial charge in [0.05, 0.1) is 0 Å². The zero-order valence-corrected chi connectivity index (χ0v) is 14.6. The lowest BCUT2D eigenvalue weighted by molar-refractivity contribution is -0.0103. The zero-order chi connectivity index (χ0) is 15.0. The third kappa shape index (κ3) is 3.76. The van der Waals surface area contributed by atoms with E-state index in [-0.39, 0.29) is 0 Å². The SMILES string of the molecule is CC(C)(C)C1CN(C2CCCCC2)C(C(C)(C)C)CN1. The summed E-state index contributed by atoms with van der Waals surface area (Å²) in [7, 11) is 0. The number of rotatable bonds is 1. The zero-order valence-electron chi connectivity index (χ0n) is 14.6. The monoisotopic (exact) mass is 280 g/mol. The average Bonchev–Trinajstić information content (AvgIpc) is 2.37. The molecule has 1 heterocycles. The standard InChI is InChI=1S/C18H36N2/c1-17(2,3)15-13-20(14-10-8-7-9-11-14)16(12-19-15)18(4,5)6/h14-16,19H,7-13H2,1-6H3. The highest BCUT2D eigenvalue weighted by atomic mass is 15.3. The molecular weight excluding hydrogens is 244 g/mol. The highest BCUT2D eigenvalue weighted by molar-refractivity contribution is 4.98. The summed E-state index contributed by atoms with van der Waals surface area (Å²) >= 11 is 0. The van der Waals surface area contributed by atoms with Crippen LogP contribution in [-0.2, 0) is 0 Å². The minimum absolute atomic E-state index is 0.357. The Hall–Kier alpha value is -0.0800. The summed E-state index contributed by atoms with van der Waals surface area (Å²) < 4.78 is 0. The van der Waals surface area contributed by atoms with Crippen LogP contribution < -0.4 is 5.32 Å². The molecule has 1 saturated heterocycles. The maximum atomic E-state index is 3.84. The van der Waals surface area contributed by atoms with Crippen molar-refractivity contribution in [2.45, 2.75) is 91.8 Å². The summed E-state index contributed by atoms with van der Waals surface area (Å²) in [5.41, 5.74) is 0.725. The van der Waals surface area contributed by atoms with Gasteiger partial charge in [-0.15, -0.1) is 0 Å². The van der Waals surface area contributed by atoms with Gasteiger partial charge < -0.3 is 5.32 Å². The molecule has 0 spiro atoms. The van der Waals surface area contributed by atoms with Gasteiger partial charge in [-0.1, -0.05) is 60.8 Å². The maximum Gasteiger partial charge on any atom is 0.0272 e. The van der Waals surface area contributed by atoms with Gasteiger partial charge in [0.2, 0.25) is 0 Å². The molecule has 0 aromatic rings. The molecular formula is C18H36N2.